The largest absolute Gasteiger partial charge is 0.336 e. The summed E-state index contributed by atoms with van der Waals surface area (Å²) in [5.74, 6) is 0.0118. The highest BCUT2D eigenvalue weighted by Crippen LogP contribution is 2.48. The van der Waals surface area contributed by atoms with Gasteiger partial charge in [-0.1, -0.05) is 48.5 Å². The monoisotopic (exact) mass is 418 g/mol. The summed E-state index contributed by atoms with van der Waals surface area (Å²) >= 11 is 0. The first kappa shape index (κ1) is 19.8. The van der Waals surface area contributed by atoms with Crippen molar-refractivity contribution in [2.75, 3.05) is 32.8 Å². The van der Waals surface area contributed by atoms with Crippen molar-refractivity contribution in [2.45, 2.75) is 18.4 Å². The Labute approximate surface area is 181 Å². The molecule has 1 saturated carbocycles. The minimum absolute atomic E-state index is 0.0204. The summed E-state index contributed by atoms with van der Waals surface area (Å²) in [5.41, 5.74) is 0.599. The topological polar surface area (TPSA) is 73.0 Å². The van der Waals surface area contributed by atoms with Crippen LogP contribution in [0.4, 0.5) is 4.79 Å². The van der Waals surface area contributed by atoms with E-state index in [-0.39, 0.29) is 30.4 Å². The standard InChI is InChI=1S/C24H26N4O3/c29-21(18-7-3-1-4-8-18)27-15-13-26(14-16-27)17-28-22(30)24(20-11-12-20,25-23(28)31)19-9-5-2-6-10-19/h1-10,20H,11-17H2,(H,25,31). The maximum atomic E-state index is 13.5. The first-order valence-corrected chi connectivity index (χ1v) is 10.9. The van der Waals surface area contributed by atoms with Gasteiger partial charge >= 0.3 is 6.03 Å². The molecule has 2 aromatic rings. The summed E-state index contributed by atoms with van der Waals surface area (Å²) in [6, 6.07) is 18.5. The van der Waals surface area contributed by atoms with Crippen molar-refractivity contribution < 1.29 is 14.4 Å². The van der Waals surface area contributed by atoms with E-state index in [0.717, 1.165) is 18.4 Å². The number of nitrogens with zero attached hydrogens (tertiary/aromatic N) is 3. The molecule has 4 amide bonds. The van der Waals surface area contributed by atoms with Crippen LogP contribution in [0.1, 0.15) is 28.8 Å². The second kappa shape index (κ2) is 7.81. The van der Waals surface area contributed by atoms with Crippen LogP contribution in [0.15, 0.2) is 60.7 Å². The van der Waals surface area contributed by atoms with Crippen LogP contribution in [-0.2, 0) is 10.3 Å². The summed E-state index contributed by atoms with van der Waals surface area (Å²) in [7, 11) is 0. The normalized spacial score (nSPS) is 24.4. The molecular weight excluding hydrogens is 392 g/mol. The molecule has 1 N–H and O–H groups in total. The number of piperazine rings is 1. The Morgan fingerprint density at radius 3 is 2.13 bits per heavy atom. The number of urea groups is 1. The van der Waals surface area contributed by atoms with Crippen molar-refractivity contribution >= 4 is 17.8 Å². The minimum atomic E-state index is -0.941. The third-order valence-corrected chi connectivity index (χ3v) is 6.57. The SMILES string of the molecule is O=C(c1ccccc1)N1CCN(CN2C(=O)NC(c3ccccc3)(C3CC3)C2=O)CC1. The second-order valence-electron chi connectivity index (χ2n) is 8.53. The van der Waals surface area contributed by atoms with Crippen LogP contribution in [0.3, 0.4) is 0 Å². The number of imide groups is 1. The van der Waals surface area contributed by atoms with Crippen LogP contribution >= 0.6 is 0 Å². The van der Waals surface area contributed by atoms with Gasteiger partial charge in [0.05, 0.1) is 6.67 Å². The van der Waals surface area contributed by atoms with Crippen LogP contribution < -0.4 is 5.32 Å². The molecule has 7 nitrogen and oxygen atoms in total. The van der Waals surface area contributed by atoms with Crippen molar-refractivity contribution in [1.29, 1.82) is 0 Å². The lowest BCUT2D eigenvalue weighted by atomic mass is 9.85. The van der Waals surface area contributed by atoms with E-state index in [1.165, 1.54) is 4.90 Å². The van der Waals surface area contributed by atoms with E-state index >= 15 is 0 Å². The van der Waals surface area contributed by atoms with E-state index < -0.39 is 5.54 Å². The number of hydrogen-bond donors (Lipinski definition) is 1. The lowest BCUT2D eigenvalue weighted by molar-refractivity contribution is -0.134. The molecule has 2 heterocycles. The van der Waals surface area contributed by atoms with Crippen LogP contribution in [0.5, 0.6) is 0 Å². The summed E-state index contributed by atoms with van der Waals surface area (Å²) in [5, 5.41) is 3.03. The van der Waals surface area contributed by atoms with Gasteiger partial charge in [0.2, 0.25) is 0 Å². The highest BCUT2D eigenvalue weighted by atomic mass is 16.2. The van der Waals surface area contributed by atoms with Gasteiger partial charge in [0.1, 0.15) is 5.54 Å². The molecule has 1 unspecified atom stereocenters. The zero-order chi connectivity index (χ0) is 21.4. The number of benzene rings is 2. The fourth-order valence-electron chi connectivity index (χ4n) is 4.70. The zero-order valence-electron chi connectivity index (χ0n) is 17.4. The molecule has 0 spiro atoms. The van der Waals surface area contributed by atoms with Crippen molar-refractivity contribution in [3.05, 3.63) is 71.8 Å². The number of rotatable bonds is 5. The molecule has 31 heavy (non-hydrogen) atoms. The molecule has 0 bridgehead atoms. The van der Waals surface area contributed by atoms with Gasteiger partial charge in [0.25, 0.3) is 11.8 Å². The molecule has 7 heteroatoms. The van der Waals surface area contributed by atoms with Crippen LogP contribution in [0, 0.1) is 5.92 Å². The summed E-state index contributed by atoms with van der Waals surface area (Å²) in [6.45, 7) is 2.64. The molecule has 2 aliphatic heterocycles. The van der Waals surface area contributed by atoms with E-state index in [9.17, 15) is 14.4 Å². The van der Waals surface area contributed by atoms with E-state index in [2.05, 4.69) is 10.2 Å². The van der Waals surface area contributed by atoms with Gasteiger partial charge in [0, 0.05) is 31.7 Å². The third kappa shape index (κ3) is 3.49. The summed E-state index contributed by atoms with van der Waals surface area (Å²) in [4.78, 5) is 44.2. The Morgan fingerprint density at radius 2 is 1.52 bits per heavy atom. The number of amides is 4. The molecule has 1 aliphatic carbocycles. The predicted octanol–water partition coefficient (Wildman–Crippen LogP) is 2.26. The summed E-state index contributed by atoms with van der Waals surface area (Å²) in [6.07, 6.45) is 1.88. The van der Waals surface area contributed by atoms with E-state index in [4.69, 9.17) is 0 Å². The molecule has 0 radical (unpaired) electrons. The molecule has 5 rings (SSSR count). The molecule has 2 aromatic carbocycles. The number of carbonyl (C=O) groups excluding carboxylic acids is 3. The second-order valence-corrected chi connectivity index (χ2v) is 8.53. The van der Waals surface area contributed by atoms with Gasteiger partial charge in [-0.25, -0.2) is 9.69 Å². The van der Waals surface area contributed by atoms with Crippen LogP contribution in [0.2, 0.25) is 0 Å². The molecule has 160 valence electrons. The minimum Gasteiger partial charge on any atom is -0.336 e. The van der Waals surface area contributed by atoms with Crippen LogP contribution in [0.25, 0.3) is 0 Å². The van der Waals surface area contributed by atoms with Gasteiger partial charge < -0.3 is 10.2 Å². The third-order valence-electron chi connectivity index (χ3n) is 6.57. The Bertz CT molecular complexity index is 984. The highest BCUT2D eigenvalue weighted by molar-refractivity contribution is 6.07. The maximum Gasteiger partial charge on any atom is 0.326 e. The van der Waals surface area contributed by atoms with Crippen molar-refractivity contribution in [3.8, 4) is 0 Å². The van der Waals surface area contributed by atoms with Gasteiger partial charge in [-0.05, 0) is 36.5 Å². The van der Waals surface area contributed by atoms with Crippen molar-refractivity contribution in [3.63, 3.8) is 0 Å². The molecule has 1 atom stereocenters. The smallest absolute Gasteiger partial charge is 0.326 e. The fourth-order valence-corrected chi connectivity index (χ4v) is 4.70. The average molecular weight is 418 g/mol. The highest BCUT2D eigenvalue weighted by Gasteiger charge is 2.60. The lowest BCUT2D eigenvalue weighted by Crippen LogP contribution is -2.53. The molecular formula is C24H26N4O3. The van der Waals surface area contributed by atoms with Crippen LogP contribution in [-0.4, -0.2) is 65.4 Å². The summed E-state index contributed by atoms with van der Waals surface area (Å²) < 4.78 is 0. The van der Waals surface area contributed by atoms with Gasteiger partial charge in [0.15, 0.2) is 0 Å². The van der Waals surface area contributed by atoms with E-state index in [1.54, 1.807) is 0 Å². The Hall–Kier alpha value is -3.19. The number of carbonyl (C=O) groups is 3. The van der Waals surface area contributed by atoms with Gasteiger partial charge in [-0.3, -0.25) is 14.5 Å². The average Bonchev–Trinajstić information content (AvgIpc) is 3.64. The first-order chi connectivity index (χ1) is 15.1. The predicted molar refractivity (Wildman–Crippen MR) is 115 cm³/mol. The molecule has 2 saturated heterocycles. The van der Waals surface area contributed by atoms with Gasteiger partial charge in [-0.2, -0.15) is 0 Å². The zero-order valence-corrected chi connectivity index (χ0v) is 17.4. The quantitative estimate of drug-likeness (QED) is 0.756. The Kier molecular flexibility index (Phi) is 4.98. The fraction of sp³-hybridized carbons (Fsp3) is 0.375. The van der Waals surface area contributed by atoms with Crippen molar-refractivity contribution in [2.24, 2.45) is 5.92 Å². The number of hydrogen-bond acceptors (Lipinski definition) is 4. The van der Waals surface area contributed by atoms with E-state index in [0.29, 0.717) is 31.7 Å². The first-order valence-electron chi connectivity index (χ1n) is 10.9. The maximum absolute atomic E-state index is 13.5. The van der Waals surface area contributed by atoms with Gasteiger partial charge in [-0.15, -0.1) is 0 Å². The lowest BCUT2D eigenvalue weighted by Gasteiger charge is -2.36. The molecule has 3 fully saturated rings. The Balaban J connectivity index is 1.26. The molecule has 3 aliphatic rings. The molecule has 0 aromatic heterocycles. The number of nitrogens with one attached hydrogen (secondary N) is 1. The van der Waals surface area contributed by atoms with Crippen molar-refractivity contribution in [1.82, 2.24) is 20.0 Å². The van der Waals surface area contributed by atoms with E-state index in [1.807, 2.05) is 65.6 Å². The Morgan fingerprint density at radius 1 is 0.903 bits per heavy atom.